The molecule has 0 saturated carbocycles. The van der Waals surface area contributed by atoms with E-state index in [-0.39, 0.29) is 6.04 Å². The van der Waals surface area contributed by atoms with Crippen LogP contribution in [-0.2, 0) is 6.42 Å². The van der Waals surface area contributed by atoms with Crippen LogP contribution in [0.4, 0.5) is 8.78 Å². The molecule has 1 aromatic carbocycles. The van der Waals surface area contributed by atoms with Gasteiger partial charge in [-0.15, -0.1) is 0 Å². The van der Waals surface area contributed by atoms with Crippen LogP contribution in [-0.4, -0.2) is 19.6 Å². The Balaban J connectivity index is 1.89. The molecule has 1 heterocycles. The number of hydrogen-bond acceptors (Lipinski definition) is 2. The molecule has 2 N–H and O–H groups in total. The van der Waals surface area contributed by atoms with Crippen LogP contribution in [0.25, 0.3) is 0 Å². The van der Waals surface area contributed by atoms with Crippen LogP contribution in [0.3, 0.4) is 0 Å². The summed E-state index contributed by atoms with van der Waals surface area (Å²) in [6.07, 6.45) is 2.34. The van der Waals surface area contributed by atoms with Crippen molar-refractivity contribution >= 4 is 5.96 Å². The maximum Gasteiger partial charge on any atom is 0.191 e. The highest BCUT2D eigenvalue weighted by atomic mass is 19.1. The van der Waals surface area contributed by atoms with Crippen molar-refractivity contribution in [3.8, 4) is 0 Å². The highest BCUT2D eigenvalue weighted by Gasteiger charge is 2.13. The Morgan fingerprint density at radius 2 is 2.14 bits per heavy atom. The van der Waals surface area contributed by atoms with Crippen LogP contribution in [0.2, 0.25) is 0 Å². The zero-order chi connectivity index (χ0) is 15.9. The van der Waals surface area contributed by atoms with Crippen LogP contribution in [0.15, 0.2) is 46.0 Å². The van der Waals surface area contributed by atoms with Crippen molar-refractivity contribution in [1.29, 1.82) is 0 Å². The molecule has 0 bridgehead atoms. The van der Waals surface area contributed by atoms with Gasteiger partial charge in [-0.05, 0) is 25.1 Å². The minimum atomic E-state index is -0.589. The second-order valence-electron chi connectivity index (χ2n) is 4.86. The molecule has 0 saturated heterocycles. The minimum Gasteiger partial charge on any atom is -0.469 e. The SMILES string of the molecule is CN=C(NCCc1ccco1)NC(C)c1ccc(F)cc1F. The number of hydrogen-bond donors (Lipinski definition) is 2. The van der Waals surface area contributed by atoms with Crippen LogP contribution in [0, 0.1) is 11.6 Å². The van der Waals surface area contributed by atoms with Gasteiger partial charge < -0.3 is 15.1 Å². The number of furan rings is 1. The van der Waals surface area contributed by atoms with Crippen molar-refractivity contribution in [3.05, 3.63) is 59.6 Å². The Morgan fingerprint density at radius 1 is 1.32 bits per heavy atom. The van der Waals surface area contributed by atoms with Gasteiger partial charge in [-0.2, -0.15) is 0 Å². The van der Waals surface area contributed by atoms with Crippen molar-refractivity contribution in [3.63, 3.8) is 0 Å². The van der Waals surface area contributed by atoms with Gasteiger partial charge >= 0.3 is 0 Å². The fraction of sp³-hybridized carbons (Fsp3) is 0.312. The van der Waals surface area contributed by atoms with Crippen molar-refractivity contribution in [1.82, 2.24) is 10.6 Å². The van der Waals surface area contributed by atoms with E-state index in [4.69, 9.17) is 4.42 Å². The lowest BCUT2D eigenvalue weighted by molar-refractivity contribution is 0.506. The fourth-order valence-corrected chi connectivity index (χ4v) is 2.09. The van der Waals surface area contributed by atoms with E-state index >= 15 is 0 Å². The molecule has 0 spiro atoms. The number of nitrogens with one attached hydrogen (secondary N) is 2. The number of halogens is 2. The summed E-state index contributed by atoms with van der Waals surface area (Å²) in [5, 5.41) is 6.19. The first-order chi connectivity index (χ1) is 10.6. The van der Waals surface area contributed by atoms with E-state index in [2.05, 4.69) is 15.6 Å². The van der Waals surface area contributed by atoms with Gasteiger partial charge in [0.1, 0.15) is 17.4 Å². The number of rotatable bonds is 5. The zero-order valence-electron chi connectivity index (χ0n) is 12.6. The van der Waals surface area contributed by atoms with Crippen molar-refractivity contribution in [2.75, 3.05) is 13.6 Å². The summed E-state index contributed by atoms with van der Waals surface area (Å²) >= 11 is 0. The monoisotopic (exact) mass is 307 g/mol. The number of benzene rings is 1. The molecule has 1 aromatic heterocycles. The number of aliphatic imine (C=N–C) groups is 1. The van der Waals surface area contributed by atoms with Gasteiger partial charge in [0.25, 0.3) is 0 Å². The summed E-state index contributed by atoms with van der Waals surface area (Å²) < 4.78 is 31.9. The molecule has 1 atom stereocenters. The molecule has 6 heteroatoms. The van der Waals surface area contributed by atoms with E-state index in [1.807, 2.05) is 12.1 Å². The Hall–Kier alpha value is -2.37. The van der Waals surface area contributed by atoms with Crippen molar-refractivity contribution in [2.24, 2.45) is 4.99 Å². The molecule has 0 fully saturated rings. The summed E-state index contributed by atoms with van der Waals surface area (Å²) in [4.78, 5) is 4.09. The van der Waals surface area contributed by atoms with Gasteiger partial charge in [-0.3, -0.25) is 4.99 Å². The molecule has 2 rings (SSSR count). The standard InChI is InChI=1S/C16H19F2N3O/c1-11(14-6-5-12(17)10-15(14)18)21-16(19-2)20-8-7-13-4-3-9-22-13/h3-6,9-11H,7-8H2,1-2H3,(H2,19,20,21). The predicted molar refractivity (Wildman–Crippen MR) is 81.7 cm³/mol. The van der Waals surface area contributed by atoms with E-state index in [1.54, 1.807) is 20.2 Å². The highest BCUT2D eigenvalue weighted by Crippen LogP contribution is 2.17. The molecule has 0 amide bonds. The maximum absolute atomic E-state index is 13.7. The maximum atomic E-state index is 13.7. The van der Waals surface area contributed by atoms with Gasteiger partial charge in [0.15, 0.2) is 5.96 Å². The predicted octanol–water partition coefficient (Wildman–Crippen LogP) is 3.03. The van der Waals surface area contributed by atoms with Gasteiger partial charge in [-0.25, -0.2) is 8.78 Å². The van der Waals surface area contributed by atoms with E-state index in [1.165, 1.54) is 12.1 Å². The molecular formula is C16H19F2N3O. The molecule has 118 valence electrons. The summed E-state index contributed by atoms with van der Waals surface area (Å²) in [5.41, 5.74) is 0.385. The lowest BCUT2D eigenvalue weighted by atomic mass is 10.1. The second kappa shape index (κ2) is 7.59. The van der Waals surface area contributed by atoms with Gasteiger partial charge in [0, 0.05) is 31.6 Å². The Morgan fingerprint density at radius 3 is 2.77 bits per heavy atom. The van der Waals surface area contributed by atoms with Gasteiger partial charge in [0.05, 0.1) is 12.3 Å². The fourth-order valence-electron chi connectivity index (χ4n) is 2.09. The number of nitrogens with zero attached hydrogens (tertiary/aromatic N) is 1. The minimum absolute atomic E-state index is 0.338. The first-order valence-electron chi connectivity index (χ1n) is 7.04. The van der Waals surface area contributed by atoms with E-state index in [0.29, 0.717) is 24.5 Å². The quantitative estimate of drug-likeness (QED) is 0.659. The first-order valence-corrected chi connectivity index (χ1v) is 7.04. The lowest BCUT2D eigenvalue weighted by Crippen LogP contribution is -2.39. The first kappa shape index (κ1) is 16.0. The van der Waals surface area contributed by atoms with Crippen LogP contribution in [0.5, 0.6) is 0 Å². The molecule has 22 heavy (non-hydrogen) atoms. The summed E-state index contributed by atoms with van der Waals surface area (Å²) in [6, 6.07) is 6.94. The molecule has 0 aliphatic rings. The molecule has 1 unspecified atom stereocenters. The second-order valence-corrected chi connectivity index (χ2v) is 4.86. The lowest BCUT2D eigenvalue weighted by Gasteiger charge is -2.18. The van der Waals surface area contributed by atoms with Crippen molar-refractivity contribution < 1.29 is 13.2 Å². The molecule has 0 radical (unpaired) electrons. The molecule has 0 aliphatic carbocycles. The summed E-state index contributed by atoms with van der Waals surface area (Å²) in [5.74, 6) is 0.254. The zero-order valence-corrected chi connectivity index (χ0v) is 12.6. The van der Waals surface area contributed by atoms with E-state index < -0.39 is 11.6 Å². The third-order valence-corrected chi connectivity index (χ3v) is 3.25. The Bertz CT molecular complexity index is 626. The smallest absolute Gasteiger partial charge is 0.191 e. The highest BCUT2D eigenvalue weighted by molar-refractivity contribution is 5.80. The van der Waals surface area contributed by atoms with E-state index in [0.717, 1.165) is 11.8 Å². The summed E-state index contributed by atoms with van der Waals surface area (Å²) in [7, 11) is 1.63. The average molecular weight is 307 g/mol. The average Bonchev–Trinajstić information content (AvgIpc) is 2.99. The normalized spacial score (nSPS) is 13.0. The van der Waals surface area contributed by atoms with Gasteiger partial charge in [-0.1, -0.05) is 6.07 Å². The third-order valence-electron chi connectivity index (χ3n) is 3.25. The Labute approximate surface area is 128 Å². The topological polar surface area (TPSA) is 49.6 Å². The largest absolute Gasteiger partial charge is 0.469 e. The Kier molecular flexibility index (Phi) is 5.52. The molecule has 0 aliphatic heterocycles. The molecule has 4 nitrogen and oxygen atoms in total. The number of guanidine groups is 1. The van der Waals surface area contributed by atoms with E-state index in [9.17, 15) is 8.78 Å². The van der Waals surface area contributed by atoms with Crippen LogP contribution in [0.1, 0.15) is 24.3 Å². The molecular weight excluding hydrogens is 288 g/mol. The van der Waals surface area contributed by atoms with Crippen LogP contribution < -0.4 is 10.6 Å². The molecule has 2 aromatic rings. The van der Waals surface area contributed by atoms with Crippen LogP contribution >= 0.6 is 0 Å². The van der Waals surface area contributed by atoms with Crippen molar-refractivity contribution in [2.45, 2.75) is 19.4 Å². The third kappa shape index (κ3) is 4.31. The van der Waals surface area contributed by atoms with Gasteiger partial charge in [0.2, 0.25) is 0 Å². The summed E-state index contributed by atoms with van der Waals surface area (Å²) in [6.45, 7) is 2.42.